The highest BCUT2D eigenvalue weighted by atomic mass is 19.4. The molecule has 0 aliphatic rings. The Morgan fingerprint density at radius 1 is 1.38 bits per heavy atom. The molecule has 0 aliphatic heterocycles. The SMILES string of the molecule is CC(C#N)NCCCCC(F)(F)F. The average Bonchev–Trinajstić information content (AvgIpc) is 2.01. The second-order valence-electron chi connectivity index (χ2n) is 2.88. The van der Waals surface area contributed by atoms with Gasteiger partial charge in [-0.05, 0) is 26.3 Å². The molecule has 0 aromatic rings. The lowest BCUT2D eigenvalue weighted by Crippen LogP contribution is -2.25. The number of halogens is 3. The van der Waals surface area contributed by atoms with E-state index in [9.17, 15) is 13.2 Å². The summed E-state index contributed by atoms with van der Waals surface area (Å²) in [5, 5.41) is 11.1. The summed E-state index contributed by atoms with van der Waals surface area (Å²) in [4.78, 5) is 0. The van der Waals surface area contributed by atoms with Crippen LogP contribution in [0, 0.1) is 11.3 Å². The minimum atomic E-state index is -4.05. The van der Waals surface area contributed by atoms with Gasteiger partial charge in [0.1, 0.15) is 0 Å². The van der Waals surface area contributed by atoms with Crippen molar-refractivity contribution in [3.8, 4) is 6.07 Å². The molecule has 0 aromatic carbocycles. The number of nitrogens with zero attached hydrogens (tertiary/aromatic N) is 1. The van der Waals surface area contributed by atoms with Crippen LogP contribution in [0.1, 0.15) is 26.2 Å². The average molecular weight is 194 g/mol. The van der Waals surface area contributed by atoms with Gasteiger partial charge in [0.2, 0.25) is 0 Å². The zero-order valence-electron chi connectivity index (χ0n) is 7.49. The summed E-state index contributed by atoms with van der Waals surface area (Å²) in [5.41, 5.74) is 0. The van der Waals surface area contributed by atoms with Crippen LogP contribution in [0.3, 0.4) is 0 Å². The van der Waals surface area contributed by atoms with E-state index >= 15 is 0 Å². The minimum absolute atomic E-state index is 0.120. The Kier molecular flexibility index (Phi) is 5.47. The van der Waals surface area contributed by atoms with Gasteiger partial charge in [-0.3, -0.25) is 0 Å². The van der Waals surface area contributed by atoms with E-state index < -0.39 is 12.6 Å². The Labute approximate surface area is 75.7 Å². The number of rotatable bonds is 5. The van der Waals surface area contributed by atoms with Gasteiger partial charge in [-0.15, -0.1) is 0 Å². The third kappa shape index (κ3) is 9.15. The number of unbranched alkanes of at least 4 members (excludes halogenated alkanes) is 1. The quantitative estimate of drug-likeness (QED) is 0.681. The van der Waals surface area contributed by atoms with E-state index in [1.165, 1.54) is 0 Å². The predicted molar refractivity (Wildman–Crippen MR) is 43.0 cm³/mol. The van der Waals surface area contributed by atoms with Crippen LogP contribution in [-0.4, -0.2) is 18.8 Å². The molecule has 0 bridgehead atoms. The van der Waals surface area contributed by atoms with Gasteiger partial charge < -0.3 is 5.32 Å². The van der Waals surface area contributed by atoms with Crippen molar-refractivity contribution in [2.24, 2.45) is 0 Å². The fourth-order valence-corrected chi connectivity index (χ4v) is 0.815. The highest BCUT2D eigenvalue weighted by Crippen LogP contribution is 2.21. The molecule has 0 saturated carbocycles. The molecule has 0 fully saturated rings. The summed E-state index contributed by atoms with van der Waals surface area (Å²) < 4.78 is 34.9. The van der Waals surface area contributed by atoms with E-state index in [0.717, 1.165) is 0 Å². The molecule has 0 radical (unpaired) electrons. The number of hydrogen-bond acceptors (Lipinski definition) is 2. The molecule has 5 heteroatoms. The monoisotopic (exact) mass is 194 g/mol. The third-order valence-corrected chi connectivity index (χ3v) is 1.53. The Morgan fingerprint density at radius 3 is 2.46 bits per heavy atom. The van der Waals surface area contributed by atoms with Gasteiger partial charge in [0.25, 0.3) is 0 Å². The maximum absolute atomic E-state index is 11.6. The van der Waals surface area contributed by atoms with Crippen molar-refractivity contribution in [1.29, 1.82) is 5.26 Å². The molecular formula is C8H13F3N2. The fraction of sp³-hybridized carbons (Fsp3) is 0.875. The summed E-state index contributed by atoms with van der Waals surface area (Å²) in [6.45, 7) is 2.13. The van der Waals surface area contributed by atoms with Crippen LogP contribution in [0.4, 0.5) is 13.2 Å². The van der Waals surface area contributed by atoms with Gasteiger partial charge >= 0.3 is 6.18 Å². The van der Waals surface area contributed by atoms with Gasteiger partial charge in [0, 0.05) is 6.42 Å². The molecule has 0 rings (SSSR count). The standard InChI is InChI=1S/C8H13F3N2/c1-7(6-12)13-5-3-2-4-8(9,10)11/h7,13H,2-5H2,1H3. The Hall–Kier alpha value is -0.760. The van der Waals surface area contributed by atoms with Crippen molar-refractivity contribution in [3.05, 3.63) is 0 Å². The van der Waals surface area contributed by atoms with Crippen molar-refractivity contribution in [2.45, 2.75) is 38.4 Å². The second kappa shape index (κ2) is 5.81. The van der Waals surface area contributed by atoms with Gasteiger partial charge in [-0.2, -0.15) is 18.4 Å². The van der Waals surface area contributed by atoms with E-state index in [-0.39, 0.29) is 12.5 Å². The van der Waals surface area contributed by atoms with E-state index in [2.05, 4.69) is 5.32 Å². The van der Waals surface area contributed by atoms with Crippen molar-refractivity contribution in [1.82, 2.24) is 5.32 Å². The first-order valence-corrected chi connectivity index (χ1v) is 4.15. The molecule has 1 atom stereocenters. The zero-order chi connectivity index (χ0) is 10.3. The Balaban J connectivity index is 3.24. The largest absolute Gasteiger partial charge is 0.389 e. The van der Waals surface area contributed by atoms with Crippen molar-refractivity contribution >= 4 is 0 Å². The van der Waals surface area contributed by atoms with Crippen LogP contribution in [0.25, 0.3) is 0 Å². The summed E-state index contributed by atoms with van der Waals surface area (Å²) in [7, 11) is 0. The summed E-state index contributed by atoms with van der Waals surface area (Å²) in [6.07, 6.45) is -4.23. The van der Waals surface area contributed by atoms with Crippen molar-refractivity contribution < 1.29 is 13.2 Å². The maximum Gasteiger partial charge on any atom is 0.389 e. The minimum Gasteiger partial charge on any atom is -0.302 e. The lowest BCUT2D eigenvalue weighted by atomic mass is 10.2. The first-order chi connectivity index (χ1) is 5.95. The van der Waals surface area contributed by atoms with Crippen LogP contribution in [0.2, 0.25) is 0 Å². The lowest BCUT2D eigenvalue weighted by molar-refractivity contribution is -0.135. The van der Waals surface area contributed by atoms with Crippen molar-refractivity contribution in [2.75, 3.05) is 6.54 Å². The van der Waals surface area contributed by atoms with E-state index in [1.54, 1.807) is 6.92 Å². The van der Waals surface area contributed by atoms with Crippen LogP contribution in [0.15, 0.2) is 0 Å². The second-order valence-corrected chi connectivity index (χ2v) is 2.88. The molecule has 0 aromatic heterocycles. The van der Waals surface area contributed by atoms with Gasteiger partial charge in [-0.25, -0.2) is 0 Å². The van der Waals surface area contributed by atoms with Crippen LogP contribution in [0.5, 0.6) is 0 Å². The van der Waals surface area contributed by atoms with E-state index in [4.69, 9.17) is 5.26 Å². The first-order valence-electron chi connectivity index (χ1n) is 4.15. The smallest absolute Gasteiger partial charge is 0.302 e. The van der Waals surface area contributed by atoms with Crippen LogP contribution >= 0.6 is 0 Å². The predicted octanol–water partition coefficient (Wildman–Crippen LogP) is 2.22. The highest BCUT2D eigenvalue weighted by Gasteiger charge is 2.25. The number of alkyl halides is 3. The zero-order valence-corrected chi connectivity index (χ0v) is 7.49. The molecule has 1 N–H and O–H groups in total. The molecule has 1 unspecified atom stereocenters. The van der Waals surface area contributed by atoms with Gasteiger partial charge in [0.05, 0.1) is 12.1 Å². The van der Waals surface area contributed by atoms with Crippen LogP contribution < -0.4 is 5.32 Å². The molecule has 13 heavy (non-hydrogen) atoms. The van der Waals surface area contributed by atoms with Gasteiger partial charge in [-0.1, -0.05) is 0 Å². The molecule has 0 saturated heterocycles. The maximum atomic E-state index is 11.6. The normalized spacial score (nSPS) is 13.8. The number of nitrogens with one attached hydrogen (secondary N) is 1. The van der Waals surface area contributed by atoms with E-state index in [0.29, 0.717) is 13.0 Å². The number of nitriles is 1. The molecular weight excluding hydrogens is 181 g/mol. The summed E-state index contributed by atoms with van der Waals surface area (Å²) in [6, 6.07) is 1.65. The summed E-state index contributed by atoms with van der Waals surface area (Å²) in [5.74, 6) is 0. The van der Waals surface area contributed by atoms with E-state index in [1.807, 2.05) is 6.07 Å². The molecule has 76 valence electrons. The third-order valence-electron chi connectivity index (χ3n) is 1.53. The van der Waals surface area contributed by atoms with Gasteiger partial charge in [0.15, 0.2) is 0 Å². The fourth-order valence-electron chi connectivity index (χ4n) is 0.815. The van der Waals surface area contributed by atoms with Crippen molar-refractivity contribution in [3.63, 3.8) is 0 Å². The molecule has 0 aliphatic carbocycles. The Bertz CT molecular complexity index is 171. The molecule has 0 heterocycles. The number of hydrogen-bond donors (Lipinski definition) is 1. The molecule has 0 amide bonds. The Morgan fingerprint density at radius 2 is 2.00 bits per heavy atom. The first kappa shape index (κ1) is 12.2. The lowest BCUT2D eigenvalue weighted by Gasteiger charge is -2.07. The summed E-state index contributed by atoms with van der Waals surface area (Å²) >= 11 is 0. The molecule has 2 nitrogen and oxygen atoms in total. The molecule has 0 spiro atoms. The topological polar surface area (TPSA) is 35.8 Å². The van der Waals surface area contributed by atoms with Crippen LogP contribution in [-0.2, 0) is 0 Å². The highest BCUT2D eigenvalue weighted by molar-refractivity contribution is 4.84.